The van der Waals surface area contributed by atoms with Crippen LogP contribution in [-0.4, -0.2) is 57.4 Å². The van der Waals surface area contributed by atoms with Gasteiger partial charge in [0.25, 0.3) is 0 Å². The maximum atomic E-state index is 5.84. The number of aromatic amines is 1. The number of pyridine rings is 1. The molecule has 6 heterocycles. The summed E-state index contributed by atoms with van der Waals surface area (Å²) in [5.41, 5.74) is 5.26. The minimum Gasteiger partial charge on any atom is -0.467 e. The van der Waals surface area contributed by atoms with Crippen LogP contribution in [0.1, 0.15) is 24.0 Å². The van der Waals surface area contributed by atoms with E-state index in [1.54, 1.807) is 18.4 Å². The molecule has 2 unspecified atom stereocenters. The number of terminal acetylenes is 1. The van der Waals surface area contributed by atoms with E-state index in [0.717, 1.165) is 72.5 Å². The Balaban J connectivity index is 1.53. The molecule has 0 radical (unpaired) electrons. The standard InChI is InChI=1S/C28H25N7OS/c1-5-14(2)21-15(3)10-20-19(11-30-34-20)22(21)24-25-18(8-9-29-24)23-26(32-28(36-4)33-27(23)37-25)35-12-16-6-7-17(13-35)31-16/h1,8-11,16-17,31H,2,6-7,12-13H2,3-4H3,(H,30,34). The van der Waals surface area contributed by atoms with Gasteiger partial charge in [0.15, 0.2) is 0 Å². The number of piperazine rings is 1. The van der Waals surface area contributed by atoms with Crippen LogP contribution in [0, 0.1) is 19.3 Å². The molecule has 1 aromatic carbocycles. The minimum atomic E-state index is 0.378. The van der Waals surface area contributed by atoms with Gasteiger partial charge in [-0.25, -0.2) is 0 Å². The molecule has 37 heavy (non-hydrogen) atoms. The summed E-state index contributed by atoms with van der Waals surface area (Å²) >= 11 is 1.61. The number of methoxy groups -OCH3 is 1. The van der Waals surface area contributed by atoms with Crippen molar-refractivity contribution in [2.24, 2.45) is 0 Å². The van der Waals surface area contributed by atoms with Crippen molar-refractivity contribution in [3.8, 4) is 29.6 Å². The van der Waals surface area contributed by atoms with Crippen LogP contribution >= 0.6 is 11.3 Å². The lowest BCUT2D eigenvalue weighted by Gasteiger charge is -2.34. The molecule has 0 spiro atoms. The molecule has 2 saturated heterocycles. The number of allylic oxidation sites excluding steroid dienone is 1. The summed E-state index contributed by atoms with van der Waals surface area (Å²) in [5.74, 6) is 3.67. The highest BCUT2D eigenvalue weighted by Crippen LogP contribution is 2.46. The van der Waals surface area contributed by atoms with E-state index >= 15 is 0 Å². The molecular weight excluding hydrogens is 482 g/mol. The quantitative estimate of drug-likeness (QED) is 0.341. The van der Waals surface area contributed by atoms with Crippen LogP contribution in [-0.2, 0) is 0 Å². The van der Waals surface area contributed by atoms with Crippen LogP contribution in [0.4, 0.5) is 5.82 Å². The summed E-state index contributed by atoms with van der Waals surface area (Å²) in [4.78, 5) is 17.8. The fourth-order valence-corrected chi connectivity index (χ4v) is 7.12. The van der Waals surface area contributed by atoms with Gasteiger partial charge in [0, 0.05) is 58.8 Å². The number of H-pyrrole nitrogens is 1. The molecule has 8 nitrogen and oxygen atoms in total. The maximum Gasteiger partial charge on any atom is 0.319 e. The number of thiophene rings is 1. The number of hydrogen-bond donors (Lipinski definition) is 2. The van der Waals surface area contributed by atoms with Crippen LogP contribution in [0.15, 0.2) is 31.1 Å². The van der Waals surface area contributed by atoms with Crippen molar-refractivity contribution in [3.05, 3.63) is 42.2 Å². The highest BCUT2D eigenvalue weighted by atomic mass is 32.1. The Morgan fingerprint density at radius 3 is 2.81 bits per heavy atom. The molecule has 9 heteroatoms. The summed E-state index contributed by atoms with van der Waals surface area (Å²) in [7, 11) is 1.62. The zero-order chi connectivity index (χ0) is 25.3. The first-order valence-corrected chi connectivity index (χ1v) is 13.1. The monoisotopic (exact) mass is 507 g/mol. The van der Waals surface area contributed by atoms with Crippen LogP contribution in [0.25, 0.3) is 48.0 Å². The van der Waals surface area contributed by atoms with E-state index in [4.69, 9.17) is 26.1 Å². The number of anilines is 1. The lowest BCUT2D eigenvalue weighted by atomic mass is 9.91. The number of fused-ring (bicyclic) bond motifs is 6. The Hall–Kier alpha value is -4.00. The summed E-state index contributed by atoms with van der Waals surface area (Å²) in [6.45, 7) is 8.06. The number of aromatic nitrogens is 5. The van der Waals surface area contributed by atoms with E-state index in [1.165, 1.54) is 12.8 Å². The van der Waals surface area contributed by atoms with E-state index in [2.05, 4.69) is 45.0 Å². The average Bonchev–Trinajstić information content (AvgIpc) is 3.62. The van der Waals surface area contributed by atoms with E-state index < -0.39 is 0 Å². The predicted molar refractivity (Wildman–Crippen MR) is 149 cm³/mol. The Kier molecular flexibility index (Phi) is 4.96. The van der Waals surface area contributed by atoms with Gasteiger partial charge < -0.3 is 15.0 Å². The van der Waals surface area contributed by atoms with Gasteiger partial charge in [0.05, 0.1) is 34.6 Å². The second kappa shape index (κ2) is 8.26. The fourth-order valence-electron chi connectivity index (χ4n) is 5.97. The molecule has 2 aliphatic heterocycles. The van der Waals surface area contributed by atoms with Crippen molar-refractivity contribution in [2.75, 3.05) is 25.1 Å². The van der Waals surface area contributed by atoms with Gasteiger partial charge in [-0.1, -0.05) is 12.5 Å². The van der Waals surface area contributed by atoms with Crippen molar-refractivity contribution in [1.82, 2.24) is 30.5 Å². The molecule has 5 aromatic rings. The molecule has 2 atom stereocenters. The highest BCUT2D eigenvalue weighted by molar-refractivity contribution is 7.26. The normalized spacial score (nSPS) is 19.1. The molecule has 2 aliphatic rings. The van der Waals surface area contributed by atoms with Gasteiger partial charge >= 0.3 is 6.01 Å². The lowest BCUT2D eigenvalue weighted by Crippen LogP contribution is -2.51. The number of aryl methyl sites for hydroxylation is 1. The Labute approximate surface area is 217 Å². The van der Waals surface area contributed by atoms with Crippen LogP contribution in [0.3, 0.4) is 0 Å². The molecule has 0 amide bonds. The van der Waals surface area contributed by atoms with Gasteiger partial charge in [-0.15, -0.1) is 17.8 Å². The third-order valence-electron chi connectivity index (χ3n) is 7.56. The number of nitrogens with zero attached hydrogens (tertiary/aromatic N) is 5. The summed E-state index contributed by atoms with van der Waals surface area (Å²) < 4.78 is 6.57. The van der Waals surface area contributed by atoms with Crippen molar-refractivity contribution in [1.29, 1.82) is 0 Å². The topological polar surface area (TPSA) is 91.8 Å². The zero-order valence-corrected chi connectivity index (χ0v) is 21.4. The van der Waals surface area contributed by atoms with Gasteiger partial charge in [0.2, 0.25) is 0 Å². The van der Waals surface area contributed by atoms with Crippen LogP contribution in [0.5, 0.6) is 6.01 Å². The molecule has 184 valence electrons. The van der Waals surface area contributed by atoms with E-state index in [0.29, 0.717) is 23.7 Å². The highest BCUT2D eigenvalue weighted by Gasteiger charge is 2.34. The second-order valence-corrected chi connectivity index (χ2v) is 10.8. The minimum absolute atomic E-state index is 0.378. The molecule has 2 bridgehead atoms. The first kappa shape index (κ1) is 22.2. The van der Waals surface area contributed by atoms with Gasteiger partial charge in [0.1, 0.15) is 10.6 Å². The van der Waals surface area contributed by atoms with E-state index in [9.17, 15) is 0 Å². The van der Waals surface area contributed by atoms with Gasteiger partial charge in [-0.05, 0) is 37.5 Å². The fraction of sp³-hybridized carbons (Fsp3) is 0.286. The Morgan fingerprint density at radius 2 is 2.05 bits per heavy atom. The number of ether oxygens (including phenoxy) is 1. The number of nitrogens with one attached hydrogen (secondary N) is 2. The van der Waals surface area contributed by atoms with Crippen molar-refractivity contribution < 1.29 is 4.74 Å². The lowest BCUT2D eigenvalue weighted by molar-refractivity contribution is 0.380. The molecular formula is C28H25N7OS. The summed E-state index contributed by atoms with van der Waals surface area (Å²) in [6.07, 6.45) is 11.9. The summed E-state index contributed by atoms with van der Waals surface area (Å²) in [6, 6.07) is 5.46. The molecule has 2 N–H and O–H groups in total. The molecule has 2 fully saturated rings. The number of rotatable bonds is 4. The molecule has 4 aromatic heterocycles. The van der Waals surface area contributed by atoms with E-state index in [-0.39, 0.29) is 0 Å². The van der Waals surface area contributed by atoms with Crippen molar-refractivity contribution in [3.63, 3.8) is 0 Å². The second-order valence-electron chi connectivity index (χ2n) is 9.79. The van der Waals surface area contributed by atoms with Crippen LogP contribution in [0.2, 0.25) is 0 Å². The van der Waals surface area contributed by atoms with Crippen molar-refractivity contribution in [2.45, 2.75) is 31.8 Å². The van der Waals surface area contributed by atoms with E-state index in [1.807, 2.05) is 19.3 Å². The zero-order valence-electron chi connectivity index (χ0n) is 20.6. The number of benzene rings is 1. The first-order chi connectivity index (χ1) is 18.1. The van der Waals surface area contributed by atoms with Crippen LogP contribution < -0.4 is 15.0 Å². The summed E-state index contributed by atoms with van der Waals surface area (Å²) in [5, 5.41) is 14.2. The largest absolute Gasteiger partial charge is 0.467 e. The SMILES string of the molecule is C#CC(=C)c1c(C)cc2[nH]ncc2c1-c1nccc2c1sc1nc(OC)nc(N3CC4CCC(C3)N4)c12. The maximum absolute atomic E-state index is 5.84. The molecule has 0 saturated carbocycles. The van der Waals surface area contributed by atoms with Crippen molar-refractivity contribution >= 4 is 53.9 Å². The number of hydrogen-bond acceptors (Lipinski definition) is 8. The average molecular weight is 508 g/mol. The Morgan fingerprint density at radius 1 is 1.24 bits per heavy atom. The van der Waals surface area contributed by atoms with Gasteiger partial charge in [-0.3, -0.25) is 10.1 Å². The third-order valence-corrected chi connectivity index (χ3v) is 8.67. The smallest absolute Gasteiger partial charge is 0.319 e. The Bertz CT molecular complexity index is 1770. The van der Waals surface area contributed by atoms with Gasteiger partial charge in [-0.2, -0.15) is 15.1 Å². The predicted octanol–water partition coefficient (Wildman–Crippen LogP) is 4.69. The third kappa shape index (κ3) is 3.33. The molecule has 0 aliphatic carbocycles. The first-order valence-electron chi connectivity index (χ1n) is 12.3. The molecule has 7 rings (SSSR count).